The average molecular weight is 253 g/mol. The molecule has 2 heterocycles. The molecule has 1 aliphatic heterocycles. The van der Waals surface area contributed by atoms with Crippen molar-refractivity contribution in [2.75, 3.05) is 6.54 Å². The number of nitrogens with two attached hydrogens (primary N) is 1. The molecule has 1 unspecified atom stereocenters. The van der Waals surface area contributed by atoms with E-state index in [0.717, 1.165) is 28.8 Å². The van der Waals surface area contributed by atoms with E-state index in [9.17, 15) is 0 Å². The molecule has 0 radical (unpaired) electrons. The van der Waals surface area contributed by atoms with Crippen LogP contribution in [0.15, 0.2) is 53.9 Å². The first-order chi connectivity index (χ1) is 9.36. The molecule has 96 valence electrons. The summed E-state index contributed by atoms with van der Waals surface area (Å²) >= 11 is 0. The normalized spacial score (nSPS) is 17.9. The van der Waals surface area contributed by atoms with Crippen molar-refractivity contribution in [1.29, 1.82) is 0 Å². The van der Waals surface area contributed by atoms with Crippen LogP contribution in [0.5, 0.6) is 0 Å². The van der Waals surface area contributed by atoms with E-state index in [2.05, 4.69) is 22.3 Å². The molecule has 1 aromatic heterocycles. The van der Waals surface area contributed by atoms with Gasteiger partial charge in [0.2, 0.25) is 0 Å². The minimum atomic E-state index is 0.0112. The van der Waals surface area contributed by atoms with Crippen LogP contribution < -0.4 is 5.73 Å². The highest BCUT2D eigenvalue weighted by atomic mass is 16.6. The second-order valence-electron chi connectivity index (χ2n) is 4.53. The standard InChI is InChI=1S/C15H15N3O/c16-9-14-8-15(18-19-14)12-4-1-3-11(7-12)13-5-2-6-17-10-13/h1-7,10,14H,8-9,16H2. The molecule has 0 bridgehead atoms. The SMILES string of the molecule is NCC1CC(c2cccc(-c3cccnc3)c2)=NO1. The molecule has 1 aromatic carbocycles. The van der Waals surface area contributed by atoms with E-state index in [1.807, 2.05) is 30.5 Å². The molecule has 0 aliphatic carbocycles. The van der Waals surface area contributed by atoms with Crippen molar-refractivity contribution in [1.82, 2.24) is 4.98 Å². The maximum atomic E-state index is 5.59. The van der Waals surface area contributed by atoms with Gasteiger partial charge in [0.05, 0.1) is 5.71 Å². The van der Waals surface area contributed by atoms with Gasteiger partial charge in [0, 0.05) is 36.5 Å². The fourth-order valence-electron chi connectivity index (χ4n) is 2.14. The zero-order valence-corrected chi connectivity index (χ0v) is 10.5. The summed E-state index contributed by atoms with van der Waals surface area (Å²) in [5, 5.41) is 4.11. The van der Waals surface area contributed by atoms with E-state index in [-0.39, 0.29) is 6.10 Å². The monoisotopic (exact) mass is 253 g/mol. The minimum absolute atomic E-state index is 0.0112. The number of hydrogen-bond donors (Lipinski definition) is 1. The minimum Gasteiger partial charge on any atom is -0.390 e. The van der Waals surface area contributed by atoms with E-state index in [1.54, 1.807) is 6.20 Å². The van der Waals surface area contributed by atoms with Crippen LogP contribution in [0.1, 0.15) is 12.0 Å². The van der Waals surface area contributed by atoms with Crippen LogP contribution in [-0.4, -0.2) is 23.3 Å². The fourth-order valence-corrected chi connectivity index (χ4v) is 2.14. The Kier molecular flexibility index (Phi) is 3.25. The van der Waals surface area contributed by atoms with Crippen molar-refractivity contribution in [3.05, 3.63) is 54.4 Å². The molecule has 4 heteroatoms. The highest BCUT2D eigenvalue weighted by Gasteiger charge is 2.20. The molecule has 0 saturated heterocycles. The zero-order chi connectivity index (χ0) is 13.1. The molecule has 0 fully saturated rings. The number of aromatic nitrogens is 1. The number of hydrogen-bond acceptors (Lipinski definition) is 4. The first kappa shape index (κ1) is 11.9. The first-order valence-corrected chi connectivity index (χ1v) is 6.30. The molecular weight excluding hydrogens is 238 g/mol. The predicted octanol–water partition coefficient (Wildman–Crippen LogP) is 2.20. The van der Waals surface area contributed by atoms with E-state index in [0.29, 0.717) is 6.54 Å². The van der Waals surface area contributed by atoms with Gasteiger partial charge in [-0.1, -0.05) is 29.4 Å². The Morgan fingerprint density at radius 3 is 2.74 bits per heavy atom. The van der Waals surface area contributed by atoms with Gasteiger partial charge in [-0.3, -0.25) is 4.98 Å². The summed E-state index contributed by atoms with van der Waals surface area (Å²) in [6.45, 7) is 0.495. The van der Waals surface area contributed by atoms with Crippen LogP contribution in [-0.2, 0) is 4.84 Å². The highest BCUT2D eigenvalue weighted by Crippen LogP contribution is 2.22. The zero-order valence-electron chi connectivity index (χ0n) is 10.5. The number of benzene rings is 1. The van der Waals surface area contributed by atoms with E-state index in [1.165, 1.54) is 0 Å². The average Bonchev–Trinajstić information content (AvgIpc) is 2.97. The molecule has 4 nitrogen and oxygen atoms in total. The maximum Gasteiger partial charge on any atom is 0.145 e. The Labute approximate surface area is 111 Å². The highest BCUT2D eigenvalue weighted by molar-refractivity contribution is 6.02. The molecule has 19 heavy (non-hydrogen) atoms. The Hall–Kier alpha value is -2.20. The second-order valence-corrected chi connectivity index (χ2v) is 4.53. The van der Waals surface area contributed by atoms with E-state index in [4.69, 9.17) is 10.6 Å². The van der Waals surface area contributed by atoms with Gasteiger partial charge >= 0.3 is 0 Å². The van der Waals surface area contributed by atoms with Gasteiger partial charge in [0.15, 0.2) is 0 Å². The Morgan fingerprint density at radius 2 is 2.00 bits per heavy atom. The number of rotatable bonds is 3. The van der Waals surface area contributed by atoms with Crippen LogP contribution in [0.4, 0.5) is 0 Å². The van der Waals surface area contributed by atoms with Crippen molar-refractivity contribution in [3.63, 3.8) is 0 Å². The summed E-state index contributed by atoms with van der Waals surface area (Å²) in [5.41, 5.74) is 9.85. The van der Waals surface area contributed by atoms with E-state index < -0.39 is 0 Å². The summed E-state index contributed by atoms with van der Waals surface area (Å²) in [4.78, 5) is 9.41. The van der Waals surface area contributed by atoms with Gasteiger partial charge in [-0.2, -0.15) is 0 Å². The molecule has 2 N–H and O–H groups in total. The third-order valence-corrected chi connectivity index (χ3v) is 3.19. The lowest BCUT2D eigenvalue weighted by Gasteiger charge is -2.05. The van der Waals surface area contributed by atoms with Crippen molar-refractivity contribution >= 4 is 5.71 Å². The number of pyridine rings is 1. The maximum absolute atomic E-state index is 5.59. The largest absolute Gasteiger partial charge is 0.390 e. The van der Waals surface area contributed by atoms with Crippen molar-refractivity contribution in [3.8, 4) is 11.1 Å². The van der Waals surface area contributed by atoms with Gasteiger partial charge in [-0.05, 0) is 17.7 Å². The van der Waals surface area contributed by atoms with E-state index >= 15 is 0 Å². The quantitative estimate of drug-likeness (QED) is 0.912. The summed E-state index contributed by atoms with van der Waals surface area (Å²) in [6.07, 6.45) is 4.41. The molecule has 0 spiro atoms. The molecule has 3 rings (SSSR count). The van der Waals surface area contributed by atoms with Crippen molar-refractivity contribution < 1.29 is 4.84 Å². The second kappa shape index (κ2) is 5.20. The van der Waals surface area contributed by atoms with Gasteiger partial charge < -0.3 is 10.6 Å². The lowest BCUT2D eigenvalue weighted by molar-refractivity contribution is 0.0918. The Balaban J connectivity index is 1.89. The third-order valence-electron chi connectivity index (χ3n) is 3.19. The van der Waals surface area contributed by atoms with Crippen LogP contribution in [0.3, 0.4) is 0 Å². The summed E-state index contributed by atoms with van der Waals surface area (Å²) < 4.78 is 0. The van der Waals surface area contributed by atoms with Crippen molar-refractivity contribution in [2.24, 2.45) is 10.9 Å². The van der Waals surface area contributed by atoms with Crippen LogP contribution in [0.2, 0.25) is 0 Å². The number of nitrogens with zero attached hydrogens (tertiary/aromatic N) is 2. The predicted molar refractivity (Wildman–Crippen MR) is 74.8 cm³/mol. The smallest absolute Gasteiger partial charge is 0.145 e. The molecule has 2 aromatic rings. The molecule has 0 amide bonds. The van der Waals surface area contributed by atoms with Crippen molar-refractivity contribution in [2.45, 2.75) is 12.5 Å². The Morgan fingerprint density at radius 1 is 1.16 bits per heavy atom. The molecule has 1 atom stereocenters. The molecule has 1 aliphatic rings. The summed E-state index contributed by atoms with van der Waals surface area (Å²) in [7, 11) is 0. The molecular formula is C15H15N3O. The third kappa shape index (κ3) is 2.48. The van der Waals surface area contributed by atoms with Crippen LogP contribution >= 0.6 is 0 Å². The molecule has 0 saturated carbocycles. The van der Waals surface area contributed by atoms with Gasteiger partial charge in [0.1, 0.15) is 6.10 Å². The fraction of sp³-hybridized carbons (Fsp3) is 0.200. The number of oxime groups is 1. The first-order valence-electron chi connectivity index (χ1n) is 6.30. The summed E-state index contributed by atoms with van der Waals surface area (Å²) in [6, 6.07) is 12.2. The Bertz CT molecular complexity index is 595. The lowest BCUT2D eigenvalue weighted by Crippen LogP contribution is -2.20. The van der Waals surface area contributed by atoms with Crippen LogP contribution in [0, 0.1) is 0 Å². The van der Waals surface area contributed by atoms with Crippen LogP contribution in [0.25, 0.3) is 11.1 Å². The van der Waals surface area contributed by atoms with Gasteiger partial charge in [-0.15, -0.1) is 0 Å². The topological polar surface area (TPSA) is 60.5 Å². The lowest BCUT2D eigenvalue weighted by atomic mass is 10.00. The van der Waals surface area contributed by atoms with Gasteiger partial charge in [-0.25, -0.2) is 0 Å². The summed E-state index contributed by atoms with van der Waals surface area (Å²) in [5.74, 6) is 0. The van der Waals surface area contributed by atoms with Gasteiger partial charge in [0.25, 0.3) is 0 Å².